The molecule has 0 radical (unpaired) electrons. The predicted molar refractivity (Wildman–Crippen MR) is 303 cm³/mol. The maximum absolute atomic E-state index is 15.5. The Balaban J connectivity index is 1.15. The molecule has 4 aromatic rings. The standard InChI is InChI=1S/C61H80ClN9O7/c1-36(63-10)53(72)67-51(60(4,5)6)58(77)70-34-44-20-13-12-19-43(44)31-50(70)57(76)69(38(3)42-22-16-23-45(62)30-42)33-39-26-28-41(29-27-39)55(74)65-46-32-49(56(75)66-48-25-17-21-40-18-14-15-24-47(40)48)71(35-46)59(78)52(61(7,8)9)68-54(73)37(2)64-11/h12-16,18-20,22-24,26-30,36-38,46,48-52,63-64H,17,21,25,31-35H2,1-11H3,(H,65,74)(H,66,75)(H,67,72)(H,68,73)/t36-,37-,38?,46?,48?,49-,50-,51+,52+/m0/s1. The molecular formula is C61H80ClN9O7. The normalized spacial score (nSPS) is 20.2. The summed E-state index contributed by atoms with van der Waals surface area (Å²) in [5.74, 6) is -2.51. The van der Waals surface area contributed by atoms with Crippen LogP contribution < -0.4 is 31.9 Å². The first-order chi connectivity index (χ1) is 36.9. The molecule has 17 heteroatoms. The topological polar surface area (TPSA) is 201 Å². The average molecular weight is 1090 g/mol. The van der Waals surface area contributed by atoms with E-state index in [0.29, 0.717) is 16.1 Å². The van der Waals surface area contributed by atoms with Crippen LogP contribution in [0.3, 0.4) is 0 Å². The van der Waals surface area contributed by atoms with E-state index >= 15 is 4.79 Å². The van der Waals surface area contributed by atoms with Gasteiger partial charge < -0.3 is 46.6 Å². The molecule has 1 aliphatic carbocycles. The number of carbonyl (C=O) groups excluding carboxylic acids is 7. The van der Waals surface area contributed by atoms with Crippen LogP contribution in [0.2, 0.25) is 5.02 Å². The number of nitrogens with zero attached hydrogens (tertiary/aromatic N) is 3. The molecule has 0 bridgehead atoms. The lowest BCUT2D eigenvalue weighted by Crippen LogP contribution is -2.62. The van der Waals surface area contributed by atoms with E-state index in [-0.39, 0.29) is 68.1 Å². The third kappa shape index (κ3) is 13.8. The SMILES string of the molecule is CN[C@@H](C)C(=O)N[C@H](C(=O)N1CC(NC(=O)c2ccc(CN(C(=O)[C@@H]3Cc4ccccc4CN3C(=O)[C@@H](NC(=O)[C@H](C)NC)C(C)(C)C)C(C)c3cccc(Cl)c3)cc2)C[C@H]1C(=O)NC1CCCc2ccccc21)C(C)(C)C. The fourth-order valence-corrected chi connectivity index (χ4v) is 11.0. The van der Waals surface area contributed by atoms with Gasteiger partial charge in [-0.15, -0.1) is 0 Å². The number of benzene rings is 4. The Hall–Kier alpha value is -6.62. The third-order valence-corrected chi connectivity index (χ3v) is 16.1. The van der Waals surface area contributed by atoms with Crippen molar-refractivity contribution in [2.45, 2.75) is 162 Å². The van der Waals surface area contributed by atoms with E-state index in [2.05, 4.69) is 38.0 Å². The molecule has 0 spiro atoms. The van der Waals surface area contributed by atoms with Gasteiger partial charge in [-0.25, -0.2) is 0 Å². The minimum absolute atomic E-state index is 0.0353. The Morgan fingerprint density at radius 2 is 1.26 bits per heavy atom. The fraction of sp³-hybridized carbons (Fsp3) is 0.492. The summed E-state index contributed by atoms with van der Waals surface area (Å²) in [7, 11) is 3.34. The first-order valence-corrected chi connectivity index (χ1v) is 27.7. The summed E-state index contributed by atoms with van der Waals surface area (Å²) in [6.07, 6.45) is 2.96. The van der Waals surface area contributed by atoms with Crippen molar-refractivity contribution in [3.8, 4) is 0 Å². The van der Waals surface area contributed by atoms with Crippen LogP contribution >= 0.6 is 11.6 Å². The summed E-state index contributed by atoms with van der Waals surface area (Å²) < 4.78 is 0. The van der Waals surface area contributed by atoms with Crippen molar-refractivity contribution in [2.75, 3.05) is 20.6 Å². The molecule has 418 valence electrons. The minimum atomic E-state index is -0.973. The molecule has 0 aromatic heterocycles. The van der Waals surface area contributed by atoms with Gasteiger partial charge in [0.05, 0.1) is 24.2 Å². The maximum atomic E-state index is 15.5. The molecule has 2 heterocycles. The van der Waals surface area contributed by atoms with Gasteiger partial charge in [-0.3, -0.25) is 33.6 Å². The number of aryl methyl sites for hydroxylation is 1. The molecule has 78 heavy (non-hydrogen) atoms. The second-order valence-electron chi connectivity index (χ2n) is 23.5. The molecule has 4 aromatic carbocycles. The summed E-state index contributed by atoms with van der Waals surface area (Å²) in [5.41, 5.74) is 4.48. The lowest BCUT2D eigenvalue weighted by Gasteiger charge is -2.43. The summed E-state index contributed by atoms with van der Waals surface area (Å²) in [4.78, 5) is 105. The zero-order valence-electron chi connectivity index (χ0n) is 47.2. The quantitative estimate of drug-likeness (QED) is 0.0678. The fourth-order valence-electron chi connectivity index (χ4n) is 10.8. The smallest absolute Gasteiger partial charge is 0.251 e. The summed E-state index contributed by atoms with van der Waals surface area (Å²) >= 11 is 6.54. The second-order valence-corrected chi connectivity index (χ2v) is 24.0. The molecule has 1 fully saturated rings. The van der Waals surface area contributed by atoms with Crippen molar-refractivity contribution >= 4 is 53.0 Å². The van der Waals surface area contributed by atoms with Gasteiger partial charge in [-0.1, -0.05) is 126 Å². The van der Waals surface area contributed by atoms with Gasteiger partial charge in [0.2, 0.25) is 35.4 Å². The van der Waals surface area contributed by atoms with Crippen molar-refractivity contribution in [1.82, 2.24) is 46.6 Å². The molecule has 6 N–H and O–H groups in total. The van der Waals surface area contributed by atoms with Gasteiger partial charge in [0.25, 0.3) is 5.91 Å². The number of likely N-dealkylation sites (tertiary alicyclic amines) is 1. The van der Waals surface area contributed by atoms with Gasteiger partial charge in [0.1, 0.15) is 24.2 Å². The van der Waals surface area contributed by atoms with Crippen molar-refractivity contribution in [1.29, 1.82) is 0 Å². The summed E-state index contributed by atoms with van der Waals surface area (Å²) in [5, 5.41) is 18.7. The van der Waals surface area contributed by atoms with Gasteiger partial charge >= 0.3 is 0 Å². The molecule has 0 saturated carbocycles. The van der Waals surface area contributed by atoms with Crippen LogP contribution in [0.5, 0.6) is 0 Å². The molecule has 9 atom stereocenters. The van der Waals surface area contributed by atoms with E-state index in [9.17, 15) is 28.8 Å². The zero-order chi connectivity index (χ0) is 56.8. The Labute approximate surface area is 465 Å². The van der Waals surface area contributed by atoms with E-state index in [0.717, 1.165) is 41.5 Å². The monoisotopic (exact) mass is 1090 g/mol. The van der Waals surface area contributed by atoms with E-state index < -0.39 is 71.0 Å². The highest BCUT2D eigenvalue weighted by molar-refractivity contribution is 6.30. The zero-order valence-corrected chi connectivity index (χ0v) is 47.9. The van der Waals surface area contributed by atoms with Crippen molar-refractivity contribution in [3.63, 3.8) is 0 Å². The van der Waals surface area contributed by atoms with Gasteiger partial charge in [-0.2, -0.15) is 0 Å². The van der Waals surface area contributed by atoms with Crippen LogP contribution in [-0.4, -0.2) is 119 Å². The van der Waals surface area contributed by atoms with Crippen LogP contribution in [0, 0.1) is 10.8 Å². The second kappa shape index (κ2) is 25.0. The number of fused-ring (bicyclic) bond motifs is 2. The highest BCUT2D eigenvalue weighted by atomic mass is 35.5. The summed E-state index contributed by atoms with van der Waals surface area (Å²) in [6, 6.07) is 23.8. The van der Waals surface area contributed by atoms with Crippen LogP contribution in [0.15, 0.2) is 97.1 Å². The molecule has 1 saturated heterocycles. The van der Waals surface area contributed by atoms with E-state index in [1.54, 1.807) is 68.1 Å². The lowest BCUT2D eigenvalue weighted by atomic mass is 9.84. The van der Waals surface area contributed by atoms with E-state index in [4.69, 9.17) is 11.6 Å². The van der Waals surface area contributed by atoms with Crippen molar-refractivity contribution in [3.05, 3.63) is 141 Å². The van der Waals surface area contributed by atoms with Gasteiger partial charge in [0.15, 0.2) is 0 Å². The van der Waals surface area contributed by atoms with Crippen LogP contribution in [0.4, 0.5) is 0 Å². The number of carbonyl (C=O) groups is 7. The summed E-state index contributed by atoms with van der Waals surface area (Å²) in [6.45, 7) is 16.9. The van der Waals surface area contributed by atoms with E-state index in [1.165, 1.54) is 10.5 Å². The van der Waals surface area contributed by atoms with Crippen LogP contribution in [-0.2, 0) is 54.7 Å². The van der Waals surface area contributed by atoms with E-state index in [1.807, 2.05) is 109 Å². The number of hydrogen-bond donors (Lipinski definition) is 6. The number of nitrogens with one attached hydrogen (secondary N) is 6. The Morgan fingerprint density at radius 1 is 0.679 bits per heavy atom. The number of likely N-dealkylation sites (N-methyl/N-ethyl adjacent to an activating group) is 2. The molecule has 7 amide bonds. The van der Waals surface area contributed by atoms with Gasteiger partial charge in [0, 0.05) is 42.7 Å². The first-order valence-electron chi connectivity index (χ1n) is 27.4. The lowest BCUT2D eigenvalue weighted by molar-refractivity contribution is -0.152. The molecular weight excluding hydrogens is 1010 g/mol. The Bertz CT molecular complexity index is 2850. The molecule has 16 nitrogen and oxygen atoms in total. The maximum Gasteiger partial charge on any atom is 0.251 e. The highest BCUT2D eigenvalue weighted by Crippen LogP contribution is 2.35. The van der Waals surface area contributed by atoms with Crippen molar-refractivity contribution in [2.24, 2.45) is 10.8 Å². The van der Waals surface area contributed by atoms with Gasteiger partial charge in [-0.05, 0) is 129 Å². The number of halogens is 1. The van der Waals surface area contributed by atoms with Crippen LogP contribution in [0.25, 0.3) is 0 Å². The first kappa shape index (κ1) is 59.0. The van der Waals surface area contributed by atoms with Crippen LogP contribution in [0.1, 0.15) is 137 Å². The number of rotatable bonds is 17. The largest absolute Gasteiger partial charge is 0.347 e. The highest BCUT2D eigenvalue weighted by Gasteiger charge is 2.47. The third-order valence-electron chi connectivity index (χ3n) is 15.8. The molecule has 3 aliphatic rings. The average Bonchev–Trinajstić information content (AvgIpc) is 3.97. The number of amides is 7. The minimum Gasteiger partial charge on any atom is -0.347 e. The van der Waals surface area contributed by atoms with Crippen molar-refractivity contribution < 1.29 is 33.6 Å². The predicted octanol–water partition coefficient (Wildman–Crippen LogP) is 6.55. The number of hydrogen-bond acceptors (Lipinski definition) is 9. The Kier molecular flexibility index (Phi) is 18.9. The Morgan fingerprint density at radius 3 is 1.85 bits per heavy atom. The molecule has 3 unspecified atom stereocenters. The molecule has 7 rings (SSSR count). The molecule has 2 aliphatic heterocycles.